The lowest BCUT2D eigenvalue weighted by atomic mass is 9.89. The third-order valence-corrected chi connectivity index (χ3v) is 4.22. The van der Waals surface area contributed by atoms with E-state index in [4.69, 9.17) is 4.74 Å². The van der Waals surface area contributed by atoms with Gasteiger partial charge in [-0.2, -0.15) is 0 Å². The van der Waals surface area contributed by atoms with Crippen molar-refractivity contribution >= 4 is 0 Å². The van der Waals surface area contributed by atoms with Gasteiger partial charge < -0.3 is 4.74 Å². The Morgan fingerprint density at radius 2 is 1.76 bits per heavy atom. The van der Waals surface area contributed by atoms with E-state index < -0.39 is 0 Å². The van der Waals surface area contributed by atoms with Crippen molar-refractivity contribution in [2.75, 3.05) is 26.3 Å². The molecule has 0 aliphatic carbocycles. The lowest BCUT2D eigenvalue weighted by Crippen LogP contribution is -2.41. The van der Waals surface area contributed by atoms with Gasteiger partial charge in [-0.15, -0.1) is 0 Å². The quantitative estimate of drug-likeness (QED) is 0.776. The van der Waals surface area contributed by atoms with Crippen LogP contribution in [0, 0.1) is 0 Å². The summed E-state index contributed by atoms with van der Waals surface area (Å²) in [5, 5.41) is 0. The molecule has 2 saturated heterocycles. The standard InChI is InChI=1S/C15H21NO/c1-2-4-13(5-3-1)14-6-9-16(10-7-14)15-8-11-17-12-15/h1-5,14-15H,6-12H2/t15-/m0/s1. The zero-order valence-electron chi connectivity index (χ0n) is 10.3. The molecular formula is C15H21NO. The van der Waals surface area contributed by atoms with Crippen molar-refractivity contribution < 1.29 is 4.74 Å². The molecule has 0 spiro atoms. The molecule has 0 N–H and O–H groups in total. The lowest BCUT2D eigenvalue weighted by molar-refractivity contribution is 0.122. The average molecular weight is 231 g/mol. The molecule has 17 heavy (non-hydrogen) atoms. The summed E-state index contributed by atoms with van der Waals surface area (Å²) in [6.07, 6.45) is 3.84. The molecule has 0 bridgehead atoms. The maximum absolute atomic E-state index is 5.48. The summed E-state index contributed by atoms with van der Waals surface area (Å²) in [5.41, 5.74) is 1.52. The van der Waals surface area contributed by atoms with E-state index in [1.165, 1.54) is 37.9 Å². The molecule has 2 fully saturated rings. The van der Waals surface area contributed by atoms with Gasteiger partial charge in [0.25, 0.3) is 0 Å². The Morgan fingerprint density at radius 3 is 2.41 bits per heavy atom. The number of benzene rings is 1. The van der Waals surface area contributed by atoms with E-state index in [0.717, 1.165) is 19.1 Å². The van der Waals surface area contributed by atoms with E-state index in [9.17, 15) is 0 Å². The van der Waals surface area contributed by atoms with Crippen molar-refractivity contribution in [2.24, 2.45) is 0 Å². The molecule has 0 saturated carbocycles. The molecule has 92 valence electrons. The smallest absolute Gasteiger partial charge is 0.0622 e. The van der Waals surface area contributed by atoms with Gasteiger partial charge in [0.05, 0.1) is 6.61 Å². The molecule has 2 heteroatoms. The minimum atomic E-state index is 0.701. The van der Waals surface area contributed by atoms with Crippen LogP contribution in [0.1, 0.15) is 30.7 Å². The largest absolute Gasteiger partial charge is 0.380 e. The summed E-state index contributed by atoms with van der Waals surface area (Å²) < 4.78 is 5.48. The third kappa shape index (κ3) is 2.53. The van der Waals surface area contributed by atoms with Gasteiger partial charge in [0.2, 0.25) is 0 Å². The fraction of sp³-hybridized carbons (Fsp3) is 0.600. The molecule has 0 aromatic heterocycles. The summed E-state index contributed by atoms with van der Waals surface area (Å²) in [6.45, 7) is 4.40. The van der Waals surface area contributed by atoms with Crippen LogP contribution >= 0.6 is 0 Å². The van der Waals surface area contributed by atoms with Crippen LogP contribution in [0.25, 0.3) is 0 Å². The van der Waals surface area contributed by atoms with Crippen molar-refractivity contribution in [3.8, 4) is 0 Å². The molecule has 2 nitrogen and oxygen atoms in total. The molecule has 3 rings (SSSR count). The van der Waals surface area contributed by atoms with Crippen LogP contribution in [-0.4, -0.2) is 37.2 Å². The van der Waals surface area contributed by atoms with Crippen molar-refractivity contribution in [1.29, 1.82) is 0 Å². The summed E-state index contributed by atoms with van der Waals surface area (Å²) in [7, 11) is 0. The van der Waals surface area contributed by atoms with E-state index >= 15 is 0 Å². The van der Waals surface area contributed by atoms with Crippen LogP contribution in [0.3, 0.4) is 0 Å². The van der Waals surface area contributed by atoms with Gasteiger partial charge in [0, 0.05) is 12.6 Å². The normalized spacial score (nSPS) is 27.4. The highest BCUT2D eigenvalue weighted by Crippen LogP contribution is 2.29. The number of nitrogens with zero attached hydrogens (tertiary/aromatic N) is 1. The Balaban J connectivity index is 1.57. The third-order valence-electron chi connectivity index (χ3n) is 4.22. The van der Waals surface area contributed by atoms with Gasteiger partial charge in [0.1, 0.15) is 0 Å². The first-order valence-electron chi connectivity index (χ1n) is 6.80. The van der Waals surface area contributed by atoms with Crippen LogP contribution in [-0.2, 0) is 4.74 Å². The van der Waals surface area contributed by atoms with Crippen molar-refractivity contribution in [3.05, 3.63) is 35.9 Å². The molecule has 1 aromatic carbocycles. The zero-order valence-corrected chi connectivity index (χ0v) is 10.3. The number of piperidine rings is 1. The molecule has 2 aliphatic rings. The first-order chi connectivity index (χ1) is 8.43. The van der Waals surface area contributed by atoms with Gasteiger partial charge >= 0.3 is 0 Å². The van der Waals surface area contributed by atoms with E-state index in [1.54, 1.807) is 0 Å². The number of ether oxygens (including phenoxy) is 1. The monoisotopic (exact) mass is 231 g/mol. The zero-order chi connectivity index (χ0) is 11.5. The van der Waals surface area contributed by atoms with Crippen LogP contribution in [0.5, 0.6) is 0 Å². The summed E-state index contributed by atoms with van der Waals surface area (Å²) in [6, 6.07) is 11.7. The second kappa shape index (κ2) is 5.19. The van der Waals surface area contributed by atoms with Gasteiger partial charge in [-0.1, -0.05) is 30.3 Å². The SMILES string of the molecule is c1ccc(C2CCN([C@H]3CCOC3)CC2)cc1. The van der Waals surface area contributed by atoms with E-state index in [-0.39, 0.29) is 0 Å². The van der Waals surface area contributed by atoms with Crippen LogP contribution in [0.4, 0.5) is 0 Å². The van der Waals surface area contributed by atoms with E-state index in [0.29, 0.717) is 6.04 Å². The van der Waals surface area contributed by atoms with Crippen molar-refractivity contribution in [3.63, 3.8) is 0 Å². The molecule has 2 aliphatic heterocycles. The van der Waals surface area contributed by atoms with E-state index in [1.807, 2.05) is 0 Å². The number of rotatable bonds is 2. The minimum absolute atomic E-state index is 0.701. The maximum Gasteiger partial charge on any atom is 0.0622 e. The van der Waals surface area contributed by atoms with Crippen molar-refractivity contribution in [2.45, 2.75) is 31.2 Å². The highest BCUT2D eigenvalue weighted by molar-refractivity contribution is 5.20. The van der Waals surface area contributed by atoms with Gasteiger partial charge in [-0.25, -0.2) is 0 Å². The van der Waals surface area contributed by atoms with Crippen LogP contribution < -0.4 is 0 Å². The van der Waals surface area contributed by atoms with E-state index in [2.05, 4.69) is 35.2 Å². The first kappa shape index (κ1) is 11.2. The number of hydrogen-bond donors (Lipinski definition) is 0. The summed E-state index contributed by atoms with van der Waals surface area (Å²) in [4.78, 5) is 2.63. The molecule has 1 aromatic rings. The Labute approximate surface area is 104 Å². The fourth-order valence-electron chi connectivity index (χ4n) is 3.13. The molecule has 1 atom stereocenters. The number of likely N-dealkylation sites (tertiary alicyclic amines) is 1. The predicted octanol–water partition coefficient (Wildman–Crippen LogP) is 2.65. The Bertz CT molecular complexity index is 337. The highest BCUT2D eigenvalue weighted by atomic mass is 16.5. The molecule has 0 radical (unpaired) electrons. The van der Waals surface area contributed by atoms with Crippen LogP contribution in [0.15, 0.2) is 30.3 Å². The van der Waals surface area contributed by atoms with Gasteiger partial charge in [0.15, 0.2) is 0 Å². The molecule has 0 amide bonds. The predicted molar refractivity (Wildman–Crippen MR) is 69.2 cm³/mol. The molecule has 2 heterocycles. The van der Waals surface area contributed by atoms with Gasteiger partial charge in [-0.05, 0) is 43.8 Å². The summed E-state index contributed by atoms with van der Waals surface area (Å²) >= 11 is 0. The molecular weight excluding hydrogens is 210 g/mol. The Hall–Kier alpha value is -0.860. The topological polar surface area (TPSA) is 12.5 Å². The number of hydrogen-bond acceptors (Lipinski definition) is 2. The van der Waals surface area contributed by atoms with Gasteiger partial charge in [-0.3, -0.25) is 4.90 Å². The lowest BCUT2D eigenvalue weighted by Gasteiger charge is -2.35. The summed E-state index contributed by atoms with van der Waals surface area (Å²) in [5.74, 6) is 0.773. The second-order valence-corrected chi connectivity index (χ2v) is 5.24. The first-order valence-corrected chi connectivity index (χ1v) is 6.80. The minimum Gasteiger partial charge on any atom is -0.380 e. The maximum atomic E-state index is 5.48. The Kier molecular flexibility index (Phi) is 3.44. The second-order valence-electron chi connectivity index (χ2n) is 5.24. The Morgan fingerprint density at radius 1 is 1.00 bits per heavy atom. The van der Waals surface area contributed by atoms with Crippen LogP contribution in [0.2, 0.25) is 0 Å². The fourth-order valence-corrected chi connectivity index (χ4v) is 3.13. The van der Waals surface area contributed by atoms with Crippen molar-refractivity contribution in [1.82, 2.24) is 4.90 Å². The average Bonchev–Trinajstić information content (AvgIpc) is 2.94. The highest BCUT2D eigenvalue weighted by Gasteiger charge is 2.27. The molecule has 0 unspecified atom stereocenters.